The zero-order chi connectivity index (χ0) is 20.5. The van der Waals surface area contributed by atoms with E-state index in [1.54, 1.807) is 12.1 Å². The summed E-state index contributed by atoms with van der Waals surface area (Å²) in [6, 6.07) is 13.0. The van der Waals surface area contributed by atoms with Crippen molar-refractivity contribution in [1.82, 2.24) is 9.47 Å². The van der Waals surface area contributed by atoms with Crippen LogP contribution in [-0.2, 0) is 11.3 Å². The summed E-state index contributed by atoms with van der Waals surface area (Å²) in [5.41, 5.74) is 3.58. The molecule has 6 heteroatoms. The third-order valence-corrected chi connectivity index (χ3v) is 5.21. The van der Waals surface area contributed by atoms with Gasteiger partial charge in [-0.15, -0.1) is 0 Å². The molecule has 1 N–H and O–H groups in total. The van der Waals surface area contributed by atoms with Gasteiger partial charge in [0.05, 0.1) is 11.1 Å². The number of hydrogen-bond donors (Lipinski definition) is 1. The van der Waals surface area contributed by atoms with Crippen LogP contribution in [0.1, 0.15) is 46.0 Å². The Labute approximate surface area is 169 Å². The number of carbonyl (C=O) groups is 3. The number of anilines is 1. The smallest absolute Gasteiger partial charge is 0.261 e. The Bertz CT molecular complexity index is 1130. The highest BCUT2D eigenvalue weighted by molar-refractivity contribution is 6.21. The molecule has 0 aliphatic carbocycles. The van der Waals surface area contributed by atoms with Gasteiger partial charge in [-0.2, -0.15) is 0 Å². The van der Waals surface area contributed by atoms with Crippen molar-refractivity contribution >= 4 is 34.3 Å². The zero-order valence-electron chi connectivity index (χ0n) is 16.6. The SMILES string of the molecule is CCCn1ccc2cc(NC(=O)CCN3C(=O)c4ccc(C)cc4C3=O)ccc21. The second kappa shape index (κ2) is 7.54. The van der Waals surface area contributed by atoms with Crippen molar-refractivity contribution in [3.8, 4) is 0 Å². The lowest BCUT2D eigenvalue weighted by molar-refractivity contribution is -0.116. The summed E-state index contributed by atoms with van der Waals surface area (Å²) in [4.78, 5) is 38.5. The number of nitrogens with zero attached hydrogens (tertiary/aromatic N) is 2. The molecule has 1 aromatic heterocycles. The van der Waals surface area contributed by atoms with Gasteiger partial charge >= 0.3 is 0 Å². The van der Waals surface area contributed by atoms with Gasteiger partial charge in [-0.05, 0) is 49.7 Å². The summed E-state index contributed by atoms with van der Waals surface area (Å²) in [5, 5.41) is 3.92. The van der Waals surface area contributed by atoms with Crippen LogP contribution in [-0.4, -0.2) is 33.7 Å². The van der Waals surface area contributed by atoms with E-state index >= 15 is 0 Å². The molecule has 0 saturated heterocycles. The Morgan fingerprint density at radius 3 is 2.55 bits per heavy atom. The van der Waals surface area contributed by atoms with Crippen LogP contribution in [0.15, 0.2) is 48.7 Å². The van der Waals surface area contributed by atoms with Crippen molar-refractivity contribution < 1.29 is 14.4 Å². The van der Waals surface area contributed by atoms with Crippen molar-refractivity contribution in [2.75, 3.05) is 11.9 Å². The van der Waals surface area contributed by atoms with E-state index in [1.165, 1.54) is 0 Å². The molecule has 2 heterocycles. The first-order valence-corrected chi connectivity index (χ1v) is 9.83. The van der Waals surface area contributed by atoms with Crippen LogP contribution in [0.2, 0.25) is 0 Å². The van der Waals surface area contributed by atoms with E-state index in [2.05, 4.69) is 16.8 Å². The number of carbonyl (C=O) groups excluding carboxylic acids is 3. The first-order valence-electron chi connectivity index (χ1n) is 9.83. The fraction of sp³-hybridized carbons (Fsp3) is 0.261. The van der Waals surface area contributed by atoms with Gasteiger partial charge in [0, 0.05) is 42.3 Å². The highest BCUT2D eigenvalue weighted by atomic mass is 16.2. The van der Waals surface area contributed by atoms with Crippen molar-refractivity contribution in [3.05, 3.63) is 65.4 Å². The summed E-state index contributed by atoms with van der Waals surface area (Å²) in [6.07, 6.45) is 3.16. The molecule has 0 radical (unpaired) electrons. The van der Waals surface area contributed by atoms with Crippen LogP contribution in [0.5, 0.6) is 0 Å². The van der Waals surface area contributed by atoms with Gasteiger partial charge in [-0.1, -0.05) is 18.6 Å². The van der Waals surface area contributed by atoms with Crippen LogP contribution in [0.25, 0.3) is 10.9 Å². The number of aromatic nitrogens is 1. The third-order valence-electron chi connectivity index (χ3n) is 5.21. The number of benzene rings is 2. The number of imide groups is 1. The van der Waals surface area contributed by atoms with Gasteiger partial charge in [-0.25, -0.2) is 0 Å². The molecular formula is C23H23N3O3. The van der Waals surface area contributed by atoms with Crippen LogP contribution >= 0.6 is 0 Å². The van der Waals surface area contributed by atoms with Crippen LogP contribution < -0.4 is 5.32 Å². The Morgan fingerprint density at radius 1 is 0.966 bits per heavy atom. The molecule has 1 aliphatic heterocycles. The number of hydrogen-bond acceptors (Lipinski definition) is 3. The van der Waals surface area contributed by atoms with Crippen molar-refractivity contribution in [1.29, 1.82) is 0 Å². The Morgan fingerprint density at radius 2 is 1.76 bits per heavy atom. The first-order chi connectivity index (χ1) is 14.0. The lowest BCUT2D eigenvalue weighted by Gasteiger charge is -2.13. The van der Waals surface area contributed by atoms with E-state index in [0.29, 0.717) is 16.8 Å². The van der Waals surface area contributed by atoms with E-state index in [1.807, 2.05) is 43.5 Å². The largest absolute Gasteiger partial charge is 0.347 e. The minimum absolute atomic E-state index is 0.0549. The molecule has 0 atom stereocenters. The molecule has 2 aromatic carbocycles. The monoisotopic (exact) mass is 389 g/mol. The molecule has 1 aliphatic rings. The van der Waals surface area contributed by atoms with Crippen molar-refractivity contribution in [3.63, 3.8) is 0 Å². The molecule has 0 fully saturated rings. The highest BCUT2D eigenvalue weighted by Gasteiger charge is 2.35. The van der Waals surface area contributed by atoms with E-state index in [4.69, 9.17) is 0 Å². The molecule has 0 bridgehead atoms. The summed E-state index contributed by atoms with van der Waals surface area (Å²) in [7, 11) is 0. The molecule has 0 spiro atoms. The molecule has 6 nitrogen and oxygen atoms in total. The fourth-order valence-electron chi connectivity index (χ4n) is 3.76. The molecule has 148 valence electrons. The molecule has 3 amide bonds. The summed E-state index contributed by atoms with van der Waals surface area (Å²) in [6.45, 7) is 5.03. The standard InChI is InChI=1S/C23H23N3O3/c1-3-10-25-11-8-16-14-17(5-7-20(16)25)24-21(27)9-12-26-22(28)18-6-4-15(2)13-19(18)23(26)29/h4-8,11,13-14H,3,9-10,12H2,1-2H3,(H,24,27). The van der Waals surface area contributed by atoms with Gasteiger partial charge < -0.3 is 9.88 Å². The first kappa shape index (κ1) is 18.9. The average molecular weight is 389 g/mol. The minimum Gasteiger partial charge on any atom is -0.347 e. The van der Waals surface area contributed by atoms with Gasteiger partial charge in [0.1, 0.15) is 0 Å². The van der Waals surface area contributed by atoms with Gasteiger partial charge in [-0.3, -0.25) is 19.3 Å². The fourth-order valence-corrected chi connectivity index (χ4v) is 3.76. The number of nitrogens with one attached hydrogen (secondary N) is 1. The molecule has 29 heavy (non-hydrogen) atoms. The topological polar surface area (TPSA) is 71.4 Å². The van der Waals surface area contributed by atoms with E-state index in [9.17, 15) is 14.4 Å². The van der Waals surface area contributed by atoms with Gasteiger partial charge in [0.15, 0.2) is 0 Å². The Kier molecular flexibility index (Phi) is 4.92. The minimum atomic E-state index is -0.337. The van der Waals surface area contributed by atoms with Crippen LogP contribution in [0.3, 0.4) is 0 Å². The number of aryl methyl sites for hydroxylation is 2. The second-order valence-corrected chi connectivity index (χ2v) is 7.39. The van der Waals surface area contributed by atoms with Crippen LogP contribution in [0, 0.1) is 6.92 Å². The molecule has 4 rings (SSSR count). The molecule has 3 aromatic rings. The third kappa shape index (κ3) is 3.53. The maximum absolute atomic E-state index is 12.5. The predicted molar refractivity (Wildman–Crippen MR) is 112 cm³/mol. The predicted octanol–water partition coefficient (Wildman–Crippen LogP) is 3.98. The van der Waals surface area contributed by atoms with Crippen molar-refractivity contribution in [2.24, 2.45) is 0 Å². The van der Waals surface area contributed by atoms with Crippen molar-refractivity contribution in [2.45, 2.75) is 33.2 Å². The number of rotatable bonds is 6. The quantitative estimate of drug-likeness (QED) is 0.648. The van der Waals surface area contributed by atoms with E-state index < -0.39 is 0 Å². The maximum Gasteiger partial charge on any atom is 0.261 e. The summed E-state index contributed by atoms with van der Waals surface area (Å²) >= 11 is 0. The normalized spacial score (nSPS) is 13.2. The van der Waals surface area contributed by atoms with Gasteiger partial charge in [0.2, 0.25) is 5.91 Å². The highest BCUT2D eigenvalue weighted by Crippen LogP contribution is 2.24. The Balaban J connectivity index is 1.40. The summed E-state index contributed by atoms with van der Waals surface area (Å²) < 4.78 is 2.19. The maximum atomic E-state index is 12.5. The van der Waals surface area contributed by atoms with E-state index in [-0.39, 0.29) is 30.7 Å². The zero-order valence-corrected chi connectivity index (χ0v) is 16.6. The van der Waals surface area contributed by atoms with Crippen LogP contribution in [0.4, 0.5) is 5.69 Å². The molecule has 0 unspecified atom stereocenters. The lowest BCUT2D eigenvalue weighted by atomic mass is 10.1. The Hall–Kier alpha value is -3.41. The number of amides is 3. The van der Waals surface area contributed by atoms with Gasteiger partial charge in [0.25, 0.3) is 11.8 Å². The number of fused-ring (bicyclic) bond motifs is 2. The lowest BCUT2D eigenvalue weighted by Crippen LogP contribution is -2.32. The molecular weight excluding hydrogens is 366 g/mol. The average Bonchev–Trinajstić information content (AvgIpc) is 3.19. The summed E-state index contributed by atoms with van der Waals surface area (Å²) in [5.74, 6) is -0.901. The second-order valence-electron chi connectivity index (χ2n) is 7.39. The molecule has 0 saturated carbocycles. The van der Waals surface area contributed by atoms with E-state index in [0.717, 1.165) is 34.3 Å².